The Hall–Kier alpha value is -1.39. The van der Waals surface area contributed by atoms with E-state index in [2.05, 4.69) is 15.7 Å². The van der Waals surface area contributed by atoms with Gasteiger partial charge in [-0.25, -0.2) is 4.98 Å². The van der Waals surface area contributed by atoms with Crippen molar-refractivity contribution in [3.63, 3.8) is 0 Å². The average Bonchev–Trinajstić information content (AvgIpc) is 2.78. The third kappa shape index (κ3) is 3.28. The van der Waals surface area contributed by atoms with Gasteiger partial charge in [-0.1, -0.05) is 12.1 Å². The third-order valence-corrected chi connectivity index (χ3v) is 3.44. The molecule has 0 bridgehead atoms. The summed E-state index contributed by atoms with van der Waals surface area (Å²) in [5.74, 6) is 0.287. The molecule has 1 heterocycles. The van der Waals surface area contributed by atoms with Crippen molar-refractivity contribution >= 4 is 11.3 Å². The first-order valence-corrected chi connectivity index (χ1v) is 6.56. The average molecular weight is 248 g/mol. The van der Waals surface area contributed by atoms with Crippen molar-refractivity contribution in [3.05, 3.63) is 35.3 Å². The van der Waals surface area contributed by atoms with E-state index in [1.54, 1.807) is 23.5 Å². The number of rotatable bonds is 5. The molecular formula is C13H16N2OS. The van der Waals surface area contributed by atoms with Crippen LogP contribution in [-0.4, -0.2) is 23.7 Å². The fourth-order valence-electron chi connectivity index (χ4n) is 1.64. The number of aryl methyl sites for hydroxylation is 1. The van der Waals surface area contributed by atoms with Crippen LogP contribution < -0.4 is 5.32 Å². The number of phenols is 1. The molecule has 2 aromatic rings. The predicted octanol–water partition coefficient (Wildman–Crippen LogP) is 2.67. The SMILES string of the molecule is CNCCCc1csc(-c2cccc(O)c2)n1. The number of benzene rings is 1. The molecule has 1 aromatic carbocycles. The zero-order valence-electron chi connectivity index (χ0n) is 9.81. The molecular weight excluding hydrogens is 232 g/mol. The fraction of sp³-hybridized carbons (Fsp3) is 0.308. The summed E-state index contributed by atoms with van der Waals surface area (Å²) in [6.07, 6.45) is 2.09. The van der Waals surface area contributed by atoms with Crippen LogP contribution in [0.1, 0.15) is 12.1 Å². The van der Waals surface area contributed by atoms with Crippen LogP contribution in [0.15, 0.2) is 29.6 Å². The second-order valence-electron chi connectivity index (χ2n) is 3.90. The van der Waals surface area contributed by atoms with Crippen LogP contribution in [0.2, 0.25) is 0 Å². The maximum absolute atomic E-state index is 9.42. The fourth-order valence-corrected chi connectivity index (χ4v) is 2.49. The van der Waals surface area contributed by atoms with E-state index in [4.69, 9.17) is 0 Å². The minimum absolute atomic E-state index is 0.287. The van der Waals surface area contributed by atoms with Gasteiger partial charge in [0.1, 0.15) is 10.8 Å². The normalized spacial score (nSPS) is 10.6. The molecule has 3 nitrogen and oxygen atoms in total. The minimum atomic E-state index is 0.287. The number of hydrogen-bond donors (Lipinski definition) is 2. The summed E-state index contributed by atoms with van der Waals surface area (Å²) in [5.41, 5.74) is 2.11. The van der Waals surface area contributed by atoms with Gasteiger partial charge in [0.15, 0.2) is 0 Å². The highest BCUT2D eigenvalue weighted by atomic mass is 32.1. The highest BCUT2D eigenvalue weighted by molar-refractivity contribution is 7.13. The van der Waals surface area contributed by atoms with Gasteiger partial charge in [-0.15, -0.1) is 11.3 Å². The van der Waals surface area contributed by atoms with Crippen molar-refractivity contribution in [1.82, 2.24) is 10.3 Å². The first-order chi connectivity index (χ1) is 8.29. The van der Waals surface area contributed by atoms with Gasteiger partial charge >= 0.3 is 0 Å². The number of nitrogens with zero attached hydrogens (tertiary/aromatic N) is 1. The van der Waals surface area contributed by atoms with E-state index in [-0.39, 0.29) is 5.75 Å². The van der Waals surface area contributed by atoms with Crippen LogP contribution in [0.25, 0.3) is 10.6 Å². The number of thiazole rings is 1. The van der Waals surface area contributed by atoms with E-state index in [1.165, 1.54) is 0 Å². The lowest BCUT2D eigenvalue weighted by atomic mass is 10.2. The largest absolute Gasteiger partial charge is 0.508 e. The second-order valence-corrected chi connectivity index (χ2v) is 4.76. The van der Waals surface area contributed by atoms with Crippen molar-refractivity contribution in [2.24, 2.45) is 0 Å². The molecule has 4 heteroatoms. The van der Waals surface area contributed by atoms with Crippen LogP contribution in [0.5, 0.6) is 5.75 Å². The molecule has 0 aliphatic carbocycles. The Bertz CT molecular complexity index is 482. The molecule has 0 fully saturated rings. The molecule has 0 unspecified atom stereocenters. The molecule has 17 heavy (non-hydrogen) atoms. The lowest BCUT2D eigenvalue weighted by molar-refractivity contribution is 0.475. The van der Waals surface area contributed by atoms with Crippen LogP contribution in [-0.2, 0) is 6.42 Å². The lowest BCUT2D eigenvalue weighted by Crippen LogP contribution is -2.08. The highest BCUT2D eigenvalue weighted by Gasteiger charge is 2.05. The van der Waals surface area contributed by atoms with Gasteiger partial charge in [-0.2, -0.15) is 0 Å². The number of aromatic nitrogens is 1. The molecule has 0 saturated carbocycles. The number of aromatic hydroxyl groups is 1. The molecule has 0 aliphatic rings. The molecule has 0 amide bonds. The first kappa shape index (κ1) is 12.1. The quantitative estimate of drug-likeness (QED) is 0.800. The van der Waals surface area contributed by atoms with E-state index in [0.29, 0.717) is 0 Å². The zero-order valence-corrected chi connectivity index (χ0v) is 10.6. The van der Waals surface area contributed by atoms with E-state index in [0.717, 1.165) is 35.7 Å². The lowest BCUT2D eigenvalue weighted by Gasteiger charge is -1.98. The van der Waals surface area contributed by atoms with Gasteiger partial charge in [0.25, 0.3) is 0 Å². The van der Waals surface area contributed by atoms with E-state index in [9.17, 15) is 5.11 Å². The summed E-state index contributed by atoms with van der Waals surface area (Å²) in [7, 11) is 1.96. The van der Waals surface area contributed by atoms with Crippen molar-refractivity contribution < 1.29 is 5.11 Å². The maximum atomic E-state index is 9.42. The Morgan fingerprint density at radius 3 is 3.06 bits per heavy atom. The molecule has 90 valence electrons. The van der Waals surface area contributed by atoms with Crippen LogP contribution in [0.4, 0.5) is 0 Å². The Labute approximate surface area is 105 Å². The van der Waals surface area contributed by atoms with Gasteiger partial charge < -0.3 is 10.4 Å². The van der Waals surface area contributed by atoms with Gasteiger partial charge in [0.2, 0.25) is 0 Å². The zero-order chi connectivity index (χ0) is 12.1. The minimum Gasteiger partial charge on any atom is -0.508 e. The van der Waals surface area contributed by atoms with Gasteiger partial charge in [-0.3, -0.25) is 0 Å². The molecule has 1 aromatic heterocycles. The standard InChI is InChI=1S/C13H16N2OS/c1-14-7-3-5-11-9-17-13(15-11)10-4-2-6-12(16)8-10/h2,4,6,8-9,14,16H,3,5,7H2,1H3. The van der Waals surface area contributed by atoms with Crippen molar-refractivity contribution in [3.8, 4) is 16.3 Å². The molecule has 0 radical (unpaired) electrons. The second kappa shape index (κ2) is 5.80. The molecule has 2 rings (SSSR count). The monoisotopic (exact) mass is 248 g/mol. The summed E-state index contributed by atoms with van der Waals surface area (Å²) in [6.45, 7) is 1.01. The topological polar surface area (TPSA) is 45.1 Å². The molecule has 0 saturated heterocycles. The third-order valence-electron chi connectivity index (χ3n) is 2.50. The van der Waals surface area contributed by atoms with Gasteiger partial charge in [0.05, 0.1) is 5.69 Å². The summed E-state index contributed by atoms with van der Waals surface area (Å²) >= 11 is 1.63. The van der Waals surface area contributed by atoms with Crippen molar-refractivity contribution in [2.75, 3.05) is 13.6 Å². The van der Waals surface area contributed by atoms with E-state index >= 15 is 0 Å². The summed E-state index contributed by atoms with van der Waals surface area (Å²) in [4.78, 5) is 4.57. The molecule has 2 N–H and O–H groups in total. The predicted molar refractivity (Wildman–Crippen MR) is 71.5 cm³/mol. The van der Waals surface area contributed by atoms with Crippen molar-refractivity contribution in [1.29, 1.82) is 0 Å². The number of nitrogens with one attached hydrogen (secondary N) is 1. The summed E-state index contributed by atoms with van der Waals surface area (Å²) in [6, 6.07) is 7.23. The highest BCUT2D eigenvalue weighted by Crippen LogP contribution is 2.26. The van der Waals surface area contributed by atoms with E-state index in [1.807, 2.05) is 19.2 Å². The smallest absolute Gasteiger partial charge is 0.123 e. The van der Waals surface area contributed by atoms with Gasteiger partial charge in [-0.05, 0) is 38.6 Å². The van der Waals surface area contributed by atoms with Crippen LogP contribution in [0.3, 0.4) is 0 Å². The van der Waals surface area contributed by atoms with Crippen LogP contribution >= 0.6 is 11.3 Å². The summed E-state index contributed by atoms with van der Waals surface area (Å²) < 4.78 is 0. The molecule has 0 atom stereocenters. The van der Waals surface area contributed by atoms with E-state index < -0.39 is 0 Å². The Kier molecular flexibility index (Phi) is 4.12. The Balaban J connectivity index is 2.07. The summed E-state index contributed by atoms with van der Waals surface area (Å²) in [5, 5.41) is 15.6. The van der Waals surface area contributed by atoms with Gasteiger partial charge in [0, 0.05) is 10.9 Å². The number of hydrogen-bond acceptors (Lipinski definition) is 4. The molecule has 0 spiro atoms. The Morgan fingerprint density at radius 1 is 1.41 bits per heavy atom. The molecule has 0 aliphatic heterocycles. The first-order valence-electron chi connectivity index (χ1n) is 5.68. The van der Waals surface area contributed by atoms with Crippen molar-refractivity contribution in [2.45, 2.75) is 12.8 Å². The van der Waals surface area contributed by atoms with Crippen LogP contribution in [0, 0.1) is 0 Å². The Morgan fingerprint density at radius 2 is 2.29 bits per heavy atom. The number of phenolic OH excluding ortho intramolecular Hbond substituents is 1. The maximum Gasteiger partial charge on any atom is 0.123 e.